The van der Waals surface area contributed by atoms with E-state index in [1.165, 1.54) is 28.7 Å². The Morgan fingerprint density at radius 3 is 2.56 bits per heavy atom. The van der Waals surface area contributed by atoms with Crippen LogP contribution in [0.4, 0.5) is 0 Å². The third-order valence-electron chi connectivity index (χ3n) is 4.22. The van der Waals surface area contributed by atoms with Crippen LogP contribution in [-0.2, 0) is 0 Å². The first-order valence-electron chi connectivity index (χ1n) is 8.19. The highest BCUT2D eigenvalue weighted by Gasteiger charge is 2.17. The number of hydrogen-bond acceptors (Lipinski definition) is 5. The Labute approximate surface area is 156 Å². The number of nitrogens with zero attached hydrogens (tertiary/aromatic N) is 3. The van der Waals surface area contributed by atoms with Crippen molar-refractivity contribution in [2.45, 2.75) is 38.0 Å². The van der Waals surface area contributed by atoms with Crippen molar-refractivity contribution in [3.63, 3.8) is 0 Å². The lowest BCUT2D eigenvalue weighted by atomic mass is 10.0. The van der Waals surface area contributed by atoms with Crippen LogP contribution in [-0.4, -0.2) is 26.3 Å². The average Bonchev–Trinajstić information content (AvgIpc) is 3.21. The van der Waals surface area contributed by atoms with Crippen molar-refractivity contribution in [2.24, 2.45) is 0 Å². The quantitative estimate of drug-likeness (QED) is 0.450. The SMILES string of the molecule is Cc1cc(C(=O)CSc2nncs2)c(C)n1-c1ccc(C(C)C)cc1. The van der Waals surface area contributed by atoms with Crippen molar-refractivity contribution in [2.75, 3.05) is 5.75 Å². The van der Waals surface area contributed by atoms with Crippen LogP contribution >= 0.6 is 23.1 Å². The zero-order valence-electron chi connectivity index (χ0n) is 14.8. The van der Waals surface area contributed by atoms with Gasteiger partial charge in [-0.25, -0.2) is 0 Å². The van der Waals surface area contributed by atoms with Gasteiger partial charge in [-0.2, -0.15) is 0 Å². The molecule has 3 rings (SSSR count). The number of hydrogen-bond donors (Lipinski definition) is 0. The van der Waals surface area contributed by atoms with Gasteiger partial charge in [0.05, 0.1) is 5.75 Å². The predicted octanol–water partition coefficient (Wildman–Crippen LogP) is 5.04. The van der Waals surface area contributed by atoms with Gasteiger partial charge in [0.1, 0.15) is 5.51 Å². The molecule has 0 unspecified atom stereocenters. The van der Waals surface area contributed by atoms with E-state index in [9.17, 15) is 4.79 Å². The van der Waals surface area contributed by atoms with Crippen molar-refractivity contribution in [1.82, 2.24) is 14.8 Å². The molecule has 0 spiro atoms. The van der Waals surface area contributed by atoms with E-state index < -0.39 is 0 Å². The molecular weight excluding hydrogens is 350 g/mol. The minimum Gasteiger partial charge on any atom is -0.318 e. The van der Waals surface area contributed by atoms with Crippen molar-refractivity contribution in [1.29, 1.82) is 0 Å². The topological polar surface area (TPSA) is 47.8 Å². The van der Waals surface area contributed by atoms with Gasteiger partial charge in [0, 0.05) is 22.6 Å². The molecule has 6 heteroatoms. The van der Waals surface area contributed by atoms with Crippen LogP contribution in [0.25, 0.3) is 5.69 Å². The average molecular weight is 372 g/mol. The largest absolute Gasteiger partial charge is 0.318 e. The van der Waals surface area contributed by atoms with Crippen molar-refractivity contribution >= 4 is 28.9 Å². The Hall–Kier alpha value is -1.92. The van der Waals surface area contributed by atoms with E-state index in [4.69, 9.17) is 0 Å². The second kappa shape index (κ2) is 7.54. The van der Waals surface area contributed by atoms with Crippen LogP contribution in [0.2, 0.25) is 0 Å². The van der Waals surface area contributed by atoms with E-state index in [0.717, 1.165) is 27.0 Å². The molecule has 0 radical (unpaired) electrons. The fraction of sp³-hybridized carbons (Fsp3) is 0.316. The van der Waals surface area contributed by atoms with E-state index in [0.29, 0.717) is 11.7 Å². The van der Waals surface area contributed by atoms with Gasteiger partial charge >= 0.3 is 0 Å². The van der Waals surface area contributed by atoms with Crippen molar-refractivity contribution in [3.8, 4) is 5.69 Å². The standard InChI is InChI=1S/C19H21N3OS2/c1-12(2)15-5-7-16(8-6-15)22-13(3)9-17(14(22)4)18(23)10-24-19-21-20-11-25-19/h5-9,11-12H,10H2,1-4H3. The van der Waals surface area contributed by atoms with E-state index in [2.05, 4.69) is 52.9 Å². The molecule has 1 aromatic carbocycles. The molecule has 0 fully saturated rings. The van der Waals surface area contributed by atoms with Crippen LogP contribution in [0.15, 0.2) is 40.2 Å². The number of carbonyl (C=O) groups is 1. The summed E-state index contributed by atoms with van der Waals surface area (Å²) >= 11 is 2.90. The maximum atomic E-state index is 12.6. The van der Waals surface area contributed by atoms with E-state index in [1.807, 2.05) is 19.9 Å². The number of aromatic nitrogens is 3. The van der Waals surface area contributed by atoms with Gasteiger partial charge in [0.25, 0.3) is 0 Å². The maximum Gasteiger partial charge on any atom is 0.174 e. The number of benzene rings is 1. The zero-order chi connectivity index (χ0) is 18.0. The molecule has 0 aliphatic carbocycles. The second-order valence-corrected chi connectivity index (χ2v) is 8.34. The van der Waals surface area contributed by atoms with Gasteiger partial charge in [-0.1, -0.05) is 49.1 Å². The van der Waals surface area contributed by atoms with Gasteiger partial charge in [-0.05, 0) is 43.5 Å². The summed E-state index contributed by atoms with van der Waals surface area (Å²) in [7, 11) is 0. The highest BCUT2D eigenvalue weighted by Crippen LogP contribution is 2.25. The van der Waals surface area contributed by atoms with Crippen LogP contribution < -0.4 is 0 Å². The van der Waals surface area contributed by atoms with Crippen molar-refractivity contribution in [3.05, 3.63) is 58.4 Å². The van der Waals surface area contributed by atoms with Gasteiger partial charge < -0.3 is 4.57 Å². The molecule has 0 saturated heterocycles. The lowest BCUT2D eigenvalue weighted by molar-refractivity contribution is 0.102. The summed E-state index contributed by atoms with van der Waals surface area (Å²) in [5.74, 6) is 1.01. The number of rotatable bonds is 6. The summed E-state index contributed by atoms with van der Waals surface area (Å²) < 4.78 is 2.97. The van der Waals surface area contributed by atoms with Gasteiger partial charge in [0.2, 0.25) is 0 Å². The molecule has 0 atom stereocenters. The third-order valence-corrected chi connectivity index (χ3v) is 6.08. The van der Waals surface area contributed by atoms with Crippen LogP contribution in [0.1, 0.15) is 47.1 Å². The Morgan fingerprint density at radius 1 is 1.24 bits per heavy atom. The molecule has 0 bridgehead atoms. The van der Waals surface area contributed by atoms with Crippen molar-refractivity contribution < 1.29 is 4.79 Å². The number of Topliss-reactive ketones (excluding diaryl/α,β-unsaturated/α-hetero) is 1. The van der Waals surface area contributed by atoms with Crippen LogP contribution in [0, 0.1) is 13.8 Å². The van der Waals surface area contributed by atoms with E-state index >= 15 is 0 Å². The highest BCUT2D eigenvalue weighted by atomic mass is 32.2. The molecule has 2 heterocycles. The molecule has 0 aliphatic heterocycles. The summed E-state index contributed by atoms with van der Waals surface area (Å²) in [6.45, 7) is 8.42. The van der Waals surface area contributed by atoms with Gasteiger partial charge in [-0.15, -0.1) is 10.2 Å². The lowest BCUT2D eigenvalue weighted by Gasteiger charge is -2.12. The fourth-order valence-electron chi connectivity index (χ4n) is 2.88. The Kier molecular flexibility index (Phi) is 5.39. The number of aryl methyl sites for hydroxylation is 1. The molecule has 3 aromatic rings. The summed E-state index contributed by atoms with van der Waals surface area (Å²) in [6, 6.07) is 10.5. The highest BCUT2D eigenvalue weighted by molar-refractivity contribution is 8.01. The van der Waals surface area contributed by atoms with Gasteiger partial charge in [0.15, 0.2) is 10.1 Å². The number of thioether (sulfide) groups is 1. The molecule has 25 heavy (non-hydrogen) atoms. The second-order valence-electron chi connectivity index (χ2n) is 6.28. The number of ketones is 1. The summed E-state index contributed by atoms with van der Waals surface area (Å²) in [4.78, 5) is 12.6. The molecule has 2 aromatic heterocycles. The third kappa shape index (κ3) is 3.85. The minimum absolute atomic E-state index is 0.123. The molecule has 0 N–H and O–H groups in total. The predicted molar refractivity (Wildman–Crippen MR) is 104 cm³/mol. The normalized spacial score (nSPS) is 11.2. The molecule has 130 valence electrons. The lowest BCUT2D eigenvalue weighted by Crippen LogP contribution is -2.05. The zero-order valence-corrected chi connectivity index (χ0v) is 16.4. The molecular formula is C19H21N3OS2. The molecule has 0 saturated carbocycles. The Balaban J connectivity index is 1.83. The van der Waals surface area contributed by atoms with E-state index in [-0.39, 0.29) is 5.78 Å². The first kappa shape index (κ1) is 17.9. The first-order valence-corrected chi connectivity index (χ1v) is 10.1. The summed E-state index contributed by atoms with van der Waals surface area (Å²) in [6.07, 6.45) is 0. The maximum absolute atomic E-state index is 12.6. The molecule has 0 amide bonds. The van der Waals surface area contributed by atoms with E-state index in [1.54, 1.807) is 5.51 Å². The minimum atomic E-state index is 0.123. The summed E-state index contributed by atoms with van der Waals surface area (Å²) in [5, 5.41) is 7.77. The number of carbonyl (C=O) groups excluding carboxylic acids is 1. The molecule has 4 nitrogen and oxygen atoms in total. The van der Waals surface area contributed by atoms with Crippen LogP contribution in [0.3, 0.4) is 0 Å². The summed E-state index contributed by atoms with van der Waals surface area (Å²) in [5.41, 5.74) is 6.92. The fourth-order valence-corrected chi connectivity index (χ4v) is 4.25. The first-order chi connectivity index (χ1) is 12.0. The van der Waals surface area contributed by atoms with Gasteiger partial charge in [-0.3, -0.25) is 4.79 Å². The Bertz CT molecular complexity index is 865. The smallest absolute Gasteiger partial charge is 0.174 e. The van der Waals surface area contributed by atoms with Crippen LogP contribution in [0.5, 0.6) is 0 Å². The monoisotopic (exact) mass is 371 g/mol. The Morgan fingerprint density at radius 2 is 1.96 bits per heavy atom. The molecule has 0 aliphatic rings.